The zero-order valence-corrected chi connectivity index (χ0v) is 10.8. The fourth-order valence-corrected chi connectivity index (χ4v) is 2.68. The van der Waals surface area contributed by atoms with E-state index in [0.29, 0.717) is 4.90 Å². The van der Waals surface area contributed by atoms with Gasteiger partial charge < -0.3 is 10.2 Å². The Hall–Kier alpha value is -0.530. The Kier molecular flexibility index (Phi) is 5.48. The van der Waals surface area contributed by atoms with E-state index < -0.39 is 11.0 Å². The molecule has 0 aliphatic rings. The number of non-ortho nitro benzene ring substituents is 1. The van der Waals surface area contributed by atoms with Crippen molar-refractivity contribution in [2.24, 2.45) is 0 Å². The molecule has 5 nitrogen and oxygen atoms in total. The molecule has 8 heteroatoms. The van der Waals surface area contributed by atoms with Crippen LogP contribution in [0.2, 0.25) is 10.0 Å². The molecule has 0 bridgehead atoms. The van der Waals surface area contributed by atoms with Crippen LogP contribution in [0.15, 0.2) is 17.0 Å². The normalized spacial score (nSPS) is 12.5. The maximum atomic E-state index is 10.5. The van der Waals surface area contributed by atoms with Crippen molar-refractivity contribution >= 4 is 40.7 Å². The van der Waals surface area contributed by atoms with Crippen LogP contribution in [0.4, 0.5) is 5.69 Å². The molecule has 17 heavy (non-hydrogen) atoms. The third-order valence-corrected chi connectivity index (χ3v) is 3.92. The van der Waals surface area contributed by atoms with E-state index in [0.717, 1.165) is 11.8 Å². The summed E-state index contributed by atoms with van der Waals surface area (Å²) in [6.45, 7) is -0.366. The minimum atomic E-state index is -0.887. The molecule has 1 unspecified atom stereocenters. The number of hydrogen-bond donors (Lipinski definition) is 2. The van der Waals surface area contributed by atoms with E-state index in [1.807, 2.05) is 0 Å². The van der Waals surface area contributed by atoms with Gasteiger partial charge in [0.25, 0.3) is 5.69 Å². The summed E-state index contributed by atoms with van der Waals surface area (Å²) in [6.07, 6.45) is -0.887. The quantitative estimate of drug-likeness (QED) is 0.495. The van der Waals surface area contributed by atoms with Gasteiger partial charge in [0.15, 0.2) is 0 Å². The van der Waals surface area contributed by atoms with Gasteiger partial charge in [-0.25, -0.2) is 0 Å². The largest absolute Gasteiger partial charge is 0.394 e. The van der Waals surface area contributed by atoms with Gasteiger partial charge in [-0.3, -0.25) is 10.1 Å². The minimum absolute atomic E-state index is 0.152. The second-order valence-electron chi connectivity index (χ2n) is 3.14. The molecule has 0 fully saturated rings. The highest BCUT2D eigenvalue weighted by Crippen LogP contribution is 2.37. The van der Waals surface area contributed by atoms with Crippen LogP contribution in [-0.4, -0.2) is 33.6 Å². The van der Waals surface area contributed by atoms with E-state index in [2.05, 4.69) is 0 Å². The van der Waals surface area contributed by atoms with Crippen molar-refractivity contribution < 1.29 is 15.1 Å². The topological polar surface area (TPSA) is 83.6 Å². The SMILES string of the molecule is O=[N+]([O-])c1cc(Cl)c(SCC(O)CO)c(Cl)c1. The first-order valence-corrected chi connectivity index (χ1v) is 6.25. The number of aliphatic hydroxyl groups is 2. The van der Waals surface area contributed by atoms with Gasteiger partial charge in [0.1, 0.15) is 0 Å². The van der Waals surface area contributed by atoms with Crippen molar-refractivity contribution in [3.05, 3.63) is 32.3 Å². The maximum Gasteiger partial charge on any atom is 0.272 e. The number of nitro groups is 1. The number of nitro benzene ring substituents is 1. The molecule has 1 aromatic carbocycles. The number of thioether (sulfide) groups is 1. The van der Waals surface area contributed by atoms with Crippen molar-refractivity contribution in [1.82, 2.24) is 0 Å². The van der Waals surface area contributed by atoms with Gasteiger partial charge in [-0.05, 0) is 0 Å². The Morgan fingerprint density at radius 3 is 2.35 bits per heavy atom. The van der Waals surface area contributed by atoms with Crippen molar-refractivity contribution in [3.8, 4) is 0 Å². The van der Waals surface area contributed by atoms with Crippen LogP contribution in [-0.2, 0) is 0 Å². The Bertz CT molecular complexity index is 406. The Morgan fingerprint density at radius 1 is 1.41 bits per heavy atom. The number of halogens is 2. The van der Waals surface area contributed by atoms with Crippen LogP contribution in [0, 0.1) is 10.1 Å². The number of aliphatic hydroxyl groups excluding tert-OH is 2. The van der Waals surface area contributed by atoms with Crippen molar-refractivity contribution in [3.63, 3.8) is 0 Å². The average Bonchev–Trinajstić information content (AvgIpc) is 2.27. The molecule has 0 spiro atoms. The van der Waals surface area contributed by atoms with E-state index in [9.17, 15) is 15.2 Å². The molecule has 94 valence electrons. The average molecular weight is 298 g/mol. The fraction of sp³-hybridized carbons (Fsp3) is 0.333. The lowest BCUT2D eigenvalue weighted by Gasteiger charge is -2.09. The van der Waals surface area contributed by atoms with Gasteiger partial charge in [0.2, 0.25) is 0 Å². The van der Waals surface area contributed by atoms with Crippen LogP contribution >= 0.6 is 35.0 Å². The van der Waals surface area contributed by atoms with Crippen LogP contribution < -0.4 is 0 Å². The number of hydrogen-bond acceptors (Lipinski definition) is 5. The number of benzene rings is 1. The first kappa shape index (κ1) is 14.5. The van der Waals surface area contributed by atoms with E-state index in [1.54, 1.807) is 0 Å². The Labute approximate surface area is 111 Å². The van der Waals surface area contributed by atoms with E-state index in [4.69, 9.17) is 28.3 Å². The van der Waals surface area contributed by atoms with Crippen LogP contribution in [0.25, 0.3) is 0 Å². The zero-order valence-electron chi connectivity index (χ0n) is 8.47. The standard InChI is InChI=1S/C9H9Cl2NO4S/c10-7-1-5(12(15)16)2-8(11)9(7)17-4-6(14)3-13/h1-2,6,13-14H,3-4H2. The third kappa shape index (κ3) is 4.01. The summed E-state index contributed by atoms with van der Waals surface area (Å²) in [6, 6.07) is 2.39. The van der Waals surface area contributed by atoms with E-state index >= 15 is 0 Å². The molecule has 0 heterocycles. The summed E-state index contributed by atoms with van der Waals surface area (Å²) < 4.78 is 0. The van der Waals surface area contributed by atoms with Gasteiger partial charge in [-0.1, -0.05) is 23.2 Å². The predicted molar refractivity (Wildman–Crippen MR) is 66.9 cm³/mol. The first-order chi connectivity index (χ1) is 7.95. The molecule has 0 aliphatic heterocycles. The van der Waals surface area contributed by atoms with Gasteiger partial charge in [-0.2, -0.15) is 0 Å². The molecule has 1 aromatic rings. The molecule has 1 atom stereocenters. The fourth-order valence-electron chi connectivity index (χ4n) is 1.02. The number of rotatable bonds is 5. The highest BCUT2D eigenvalue weighted by Gasteiger charge is 2.15. The second kappa shape index (κ2) is 6.42. The van der Waals surface area contributed by atoms with Crippen molar-refractivity contribution in [2.45, 2.75) is 11.0 Å². The lowest BCUT2D eigenvalue weighted by molar-refractivity contribution is -0.384. The molecule has 2 N–H and O–H groups in total. The lowest BCUT2D eigenvalue weighted by Crippen LogP contribution is -2.14. The summed E-state index contributed by atoms with van der Waals surface area (Å²) in [5, 5.41) is 28.7. The molecular weight excluding hydrogens is 289 g/mol. The van der Waals surface area contributed by atoms with E-state index in [-0.39, 0.29) is 28.1 Å². The van der Waals surface area contributed by atoms with Gasteiger partial charge >= 0.3 is 0 Å². The van der Waals surface area contributed by atoms with Gasteiger partial charge in [0, 0.05) is 22.8 Å². The molecule has 0 aliphatic carbocycles. The summed E-state index contributed by atoms with van der Waals surface area (Å²) in [4.78, 5) is 10.4. The van der Waals surface area contributed by atoms with Crippen LogP contribution in [0.1, 0.15) is 0 Å². The zero-order chi connectivity index (χ0) is 13.0. The maximum absolute atomic E-state index is 10.5. The summed E-state index contributed by atoms with van der Waals surface area (Å²) >= 11 is 12.8. The second-order valence-corrected chi connectivity index (χ2v) is 4.99. The minimum Gasteiger partial charge on any atom is -0.394 e. The first-order valence-electron chi connectivity index (χ1n) is 4.51. The molecule has 1 rings (SSSR count). The molecule has 0 saturated heterocycles. The summed E-state index contributed by atoms with van der Waals surface area (Å²) in [5.41, 5.74) is -0.188. The smallest absolute Gasteiger partial charge is 0.272 e. The van der Waals surface area contributed by atoms with Crippen molar-refractivity contribution in [2.75, 3.05) is 12.4 Å². The molecule has 0 aromatic heterocycles. The third-order valence-electron chi connectivity index (χ3n) is 1.82. The molecule has 0 amide bonds. The molecule has 0 saturated carbocycles. The Balaban J connectivity index is 2.90. The van der Waals surface area contributed by atoms with E-state index in [1.165, 1.54) is 12.1 Å². The van der Waals surface area contributed by atoms with Crippen molar-refractivity contribution in [1.29, 1.82) is 0 Å². The van der Waals surface area contributed by atoms with Gasteiger partial charge in [-0.15, -0.1) is 11.8 Å². The highest BCUT2D eigenvalue weighted by atomic mass is 35.5. The Morgan fingerprint density at radius 2 is 1.94 bits per heavy atom. The van der Waals surface area contributed by atoms with Crippen LogP contribution in [0.3, 0.4) is 0 Å². The highest BCUT2D eigenvalue weighted by molar-refractivity contribution is 7.99. The monoisotopic (exact) mass is 297 g/mol. The molecule has 0 radical (unpaired) electrons. The number of nitrogens with zero attached hydrogens (tertiary/aromatic N) is 1. The lowest BCUT2D eigenvalue weighted by atomic mass is 10.3. The summed E-state index contributed by atoms with van der Waals surface area (Å²) in [7, 11) is 0. The van der Waals surface area contributed by atoms with Crippen LogP contribution in [0.5, 0.6) is 0 Å². The summed E-state index contributed by atoms with van der Waals surface area (Å²) in [5.74, 6) is 0.202. The predicted octanol–water partition coefficient (Wildman–Crippen LogP) is 2.35. The van der Waals surface area contributed by atoms with Gasteiger partial charge in [0.05, 0.1) is 27.7 Å². The molecular formula is C9H9Cl2NO4S.